The topological polar surface area (TPSA) is 58.4 Å². The first-order valence-electron chi connectivity index (χ1n) is 6.26. The number of hydrogen-bond donors (Lipinski definition) is 2. The molecule has 22 heavy (non-hydrogen) atoms. The van der Waals surface area contributed by atoms with Gasteiger partial charge in [0, 0.05) is 14.9 Å². The van der Waals surface area contributed by atoms with Crippen molar-refractivity contribution in [2.75, 3.05) is 10.6 Å². The zero-order valence-corrected chi connectivity index (χ0v) is 13.5. The highest BCUT2D eigenvalue weighted by Gasteiger charge is 2.08. The molecule has 0 fully saturated rings. The lowest BCUT2D eigenvalue weighted by Gasteiger charge is -2.05. The van der Waals surface area contributed by atoms with Gasteiger partial charge in [0.05, 0.1) is 12.1 Å². The standard InChI is InChI=1S/C15H9BrN4OS/c1-17-10-5-6-12-13(8-10)22-15(19-12)20-14(21)18-11-4-2-3-9(16)7-11/h2-8H,(H2,18,19,20,21). The van der Waals surface area contributed by atoms with E-state index in [0.29, 0.717) is 16.5 Å². The Morgan fingerprint density at radius 2 is 2.09 bits per heavy atom. The summed E-state index contributed by atoms with van der Waals surface area (Å²) in [4.78, 5) is 19.7. The number of nitrogens with zero attached hydrogens (tertiary/aromatic N) is 2. The van der Waals surface area contributed by atoms with Crippen LogP contribution in [0.5, 0.6) is 0 Å². The quantitative estimate of drug-likeness (QED) is 0.603. The first-order valence-corrected chi connectivity index (χ1v) is 7.86. The largest absolute Gasteiger partial charge is 0.325 e. The molecule has 1 aromatic heterocycles. The fraction of sp³-hybridized carbons (Fsp3) is 0. The fourth-order valence-electron chi connectivity index (χ4n) is 1.86. The summed E-state index contributed by atoms with van der Waals surface area (Å²) in [5.74, 6) is 0. The maximum atomic E-state index is 12.0. The highest BCUT2D eigenvalue weighted by Crippen LogP contribution is 2.29. The van der Waals surface area contributed by atoms with E-state index in [1.165, 1.54) is 11.3 Å². The molecule has 0 aliphatic carbocycles. The van der Waals surface area contributed by atoms with E-state index in [0.717, 1.165) is 14.7 Å². The molecule has 0 saturated carbocycles. The van der Waals surface area contributed by atoms with E-state index in [-0.39, 0.29) is 6.03 Å². The number of thiazole rings is 1. The summed E-state index contributed by atoms with van der Waals surface area (Å²) in [6.07, 6.45) is 0. The molecule has 5 nitrogen and oxygen atoms in total. The smallest absolute Gasteiger partial charge is 0.308 e. The van der Waals surface area contributed by atoms with E-state index in [4.69, 9.17) is 6.57 Å². The van der Waals surface area contributed by atoms with Crippen LogP contribution in [-0.2, 0) is 0 Å². The van der Waals surface area contributed by atoms with Crippen molar-refractivity contribution in [3.63, 3.8) is 0 Å². The number of halogens is 1. The summed E-state index contributed by atoms with van der Waals surface area (Å²) in [6, 6.07) is 12.2. The van der Waals surface area contributed by atoms with Gasteiger partial charge < -0.3 is 5.32 Å². The van der Waals surface area contributed by atoms with Crippen LogP contribution in [0.2, 0.25) is 0 Å². The Kier molecular flexibility index (Phi) is 4.04. The maximum Gasteiger partial charge on any atom is 0.325 e. The number of rotatable bonds is 2. The van der Waals surface area contributed by atoms with Gasteiger partial charge in [-0.1, -0.05) is 39.4 Å². The normalized spacial score (nSPS) is 10.2. The highest BCUT2D eigenvalue weighted by molar-refractivity contribution is 9.10. The predicted octanol–water partition coefficient (Wildman–Crippen LogP) is 5.25. The van der Waals surface area contributed by atoms with Crippen LogP contribution in [0.15, 0.2) is 46.9 Å². The van der Waals surface area contributed by atoms with E-state index in [1.54, 1.807) is 30.3 Å². The number of urea groups is 1. The summed E-state index contributed by atoms with van der Waals surface area (Å²) in [7, 11) is 0. The van der Waals surface area contributed by atoms with Gasteiger partial charge >= 0.3 is 6.03 Å². The maximum absolute atomic E-state index is 12.0. The highest BCUT2D eigenvalue weighted by atomic mass is 79.9. The summed E-state index contributed by atoms with van der Waals surface area (Å²) in [5.41, 5.74) is 2.00. The second-order valence-electron chi connectivity index (χ2n) is 4.37. The first-order chi connectivity index (χ1) is 10.6. The third-order valence-electron chi connectivity index (χ3n) is 2.80. The third-order valence-corrected chi connectivity index (χ3v) is 4.23. The molecule has 0 radical (unpaired) electrons. The molecule has 1 heterocycles. The van der Waals surface area contributed by atoms with E-state index >= 15 is 0 Å². The minimum absolute atomic E-state index is 0.359. The monoisotopic (exact) mass is 372 g/mol. The molecule has 3 rings (SSSR count). The summed E-state index contributed by atoms with van der Waals surface area (Å²) < 4.78 is 1.75. The van der Waals surface area contributed by atoms with Crippen molar-refractivity contribution < 1.29 is 4.79 Å². The molecule has 0 aliphatic rings. The van der Waals surface area contributed by atoms with Crippen LogP contribution in [0.3, 0.4) is 0 Å². The van der Waals surface area contributed by atoms with Gasteiger partial charge in [-0.2, -0.15) is 0 Å². The Morgan fingerprint density at radius 1 is 1.23 bits per heavy atom. The van der Waals surface area contributed by atoms with Crippen LogP contribution in [0.1, 0.15) is 0 Å². The van der Waals surface area contributed by atoms with Crippen LogP contribution in [0, 0.1) is 6.57 Å². The molecule has 108 valence electrons. The first kappa shape index (κ1) is 14.5. The van der Waals surface area contributed by atoms with Gasteiger partial charge in [0.15, 0.2) is 10.8 Å². The van der Waals surface area contributed by atoms with Crippen LogP contribution in [-0.4, -0.2) is 11.0 Å². The number of fused-ring (bicyclic) bond motifs is 1. The molecular formula is C15H9BrN4OS. The summed E-state index contributed by atoms with van der Waals surface area (Å²) >= 11 is 4.68. The van der Waals surface area contributed by atoms with Crippen molar-refractivity contribution in [3.05, 3.63) is 58.4 Å². The van der Waals surface area contributed by atoms with Crippen molar-refractivity contribution in [1.82, 2.24) is 4.98 Å². The van der Waals surface area contributed by atoms with Gasteiger partial charge in [0.1, 0.15) is 0 Å². The molecule has 0 spiro atoms. The van der Waals surface area contributed by atoms with E-state index < -0.39 is 0 Å². The van der Waals surface area contributed by atoms with Gasteiger partial charge in [-0.3, -0.25) is 5.32 Å². The number of anilines is 2. The van der Waals surface area contributed by atoms with Crippen molar-refractivity contribution >= 4 is 60.0 Å². The molecule has 3 aromatic rings. The molecular weight excluding hydrogens is 364 g/mol. The van der Waals surface area contributed by atoms with Crippen LogP contribution < -0.4 is 10.6 Å². The second kappa shape index (κ2) is 6.13. The van der Waals surface area contributed by atoms with Gasteiger partial charge in [0.25, 0.3) is 0 Å². The summed E-state index contributed by atoms with van der Waals surface area (Å²) in [6.45, 7) is 7.01. The van der Waals surface area contributed by atoms with Crippen molar-refractivity contribution in [2.45, 2.75) is 0 Å². The Balaban J connectivity index is 1.75. The SMILES string of the molecule is [C-]#[N+]c1ccc2nc(NC(=O)Nc3cccc(Br)c3)sc2c1. The van der Waals surface area contributed by atoms with E-state index in [2.05, 4.69) is 36.4 Å². The molecule has 2 N–H and O–H groups in total. The molecule has 0 saturated heterocycles. The van der Waals surface area contributed by atoms with Crippen LogP contribution in [0.4, 0.5) is 21.3 Å². The van der Waals surface area contributed by atoms with Crippen molar-refractivity contribution in [2.24, 2.45) is 0 Å². The number of nitrogens with one attached hydrogen (secondary N) is 2. The van der Waals surface area contributed by atoms with Gasteiger partial charge in [-0.15, -0.1) is 0 Å². The Bertz CT molecular complexity index is 900. The number of hydrogen-bond acceptors (Lipinski definition) is 3. The lowest BCUT2D eigenvalue weighted by atomic mass is 10.3. The lowest BCUT2D eigenvalue weighted by molar-refractivity contribution is 0.262. The zero-order chi connectivity index (χ0) is 15.5. The van der Waals surface area contributed by atoms with Gasteiger partial charge in [0.2, 0.25) is 0 Å². The van der Waals surface area contributed by atoms with Crippen molar-refractivity contribution in [3.8, 4) is 0 Å². The number of carbonyl (C=O) groups excluding carboxylic acids is 1. The minimum Gasteiger partial charge on any atom is -0.308 e. The van der Waals surface area contributed by atoms with Crippen LogP contribution in [0.25, 0.3) is 15.1 Å². The summed E-state index contributed by atoms with van der Waals surface area (Å²) in [5, 5.41) is 5.93. The molecule has 0 atom stereocenters. The fourth-order valence-corrected chi connectivity index (χ4v) is 3.16. The average molecular weight is 373 g/mol. The predicted molar refractivity (Wildman–Crippen MR) is 92.7 cm³/mol. The molecule has 2 amide bonds. The number of carbonyl (C=O) groups is 1. The zero-order valence-electron chi connectivity index (χ0n) is 11.1. The molecule has 0 unspecified atom stereocenters. The number of aromatic nitrogens is 1. The Hall–Kier alpha value is -2.43. The van der Waals surface area contributed by atoms with E-state index in [1.807, 2.05) is 12.1 Å². The molecule has 7 heteroatoms. The average Bonchev–Trinajstić information content (AvgIpc) is 2.87. The molecule has 2 aromatic carbocycles. The molecule has 0 aliphatic heterocycles. The van der Waals surface area contributed by atoms with Gasteiger partial charge in [-0.05, 0) is 30.3 Å². The lowest BCUT2D eigenvalue weighted by Crippen LogP contribution is -2.19. The Morgan fingerprint density at radius 3 is 2.86 bits per heavy atom. The third kappa shape index (κ3) is 3.24. The minimum atomic E-state index is -0.359. The second-order valence-corrected chi connectivity index (χ2v) is 6.32. The number of amides is 2. The number of benzene rings is 2. The van der Waals surface area contributed by atoms with Crippen LogP contribution >= 0.6 is 27.3 Å². The molecule has 0 bridgehead atoms. The van der Waals surface area contributed by atoms with Crippen molar-refractivity contribution in [1.29, 1.82) is 0 Å². The van der Waals surface area contributed by atoms with E-state index in [9.17, 15) is 4.79 Å². The van der Waals surface area contributed by atoms with Gasteiger partial charge in [-0.25, -0.2) is 14.6 Å². The Labute approximate surface area is 138 Å².